The van der Waals surface area contributed by atoms with Crippen LogP contribution in [-0.4, -0.2) is 67.2 Å². The maximum Gasteiger partial charge on any atom is 0.226 e. The monoisotopic (exact) mass is 356 g/mol. The molecule has 0 spiro atoms. The average molecular weight is 356 g/mol. The normalized spacial score (nSPS) is 32.6. The zero-order valence-corrected chi connectivity index (χ0v) is 15.4. The van der Waals surface area contributed by atoms with E-state index in [-0.39, 0.29) is 41.2 Å². The summed E-state index contributed by atoms with van der Waals surface area (Å²) in [6.45, 7) is 6.21. The molecule has 0 aromatic rings. The third kappa shape index (κ3) is 3.60. The van der Waals surface area contributed by atoms with Crippen molar-refractivity contribution < 1.29 is 18.0 Å². The number of sulfone groups is 1. The Bertz CT molecular complexity index is 610. The van der Waals surface area contributed by atoms with Crippen LogP contribution in [0.25, 0.3) is 0 Å². The van der Waals surface area contributed by atoms with Crippen LogP contribution in [-0.2, 0) is 19.4 Å². The summed E-state index contributed by atoms with van der Waals surface area (Å²) in [6.07, 6.45) is 3.23. The first kappa shape index (κ1) is 17.7. The number of amides is 2. The number of piperidine rings is 1. The van der Waals surface area contributed by atoms with Gasteiger partial charge in [0.2, 0.25) is 11.8 Å². The Kier molecular flexibility index (Phi) is 4.91. The molecule has 3 rings (SSSR count). The molecule has 2 aliphatic heterocycles. The molecule has 24 heavy (non-hydrogen) atoms. The van der Waals surface area contributed by atoms with E-state index in [4.69, 9.17) is 0 Å². The van der Waals surface area contributed by atoms with Crippen LogP contribution in [0.5, 0.6) is 0 Å². The molecule has 0 bridgehead atoms. The minimum atomic E-state index is -3.01. The van der Waals surface area contributed by atoms with Gasteiger partial charge in [-0.3, -0.25) is 9.59 Å². The van der Waals surface area contributed by atoms with Crippen molar-refractivity contribution in [2.24, 2.45) is 17.8 Å². The first-order valence-corrected chi connectivity index (χ1v) is 10.9. The molecule has 2 saturated heterocycles. The van der Waals surface area contributed by atoms with Crippen LogP contribution in [0.2, 0.25) is 0 Å². The summed E-state index contributed by atoms with van der Waals surface area (Å²) in [5, 5.41) is 0. The Morgan fingerprint density at radius 2 is 1.79 bits per heavy atom. The maximum absolute atomic E-state index is 12.7. The van der Waals surface area contributed by atoms with Crippen molar-refractivity contribution in [3.05, 3.63) is 0 Å². The van der Waals surface area contributed by atoms with Crippen molar-refractivity contribution in [3.8, 4) is 0 Å². The smallest absolute Gasteiger partial charge is 0.226 e. The molecule has 3 aliphatic rings. The zero-order chi connectivity index (χ0) is 17.5. The number of rotatable bonds is 4. The maximum atomic E-state index is 12.7. The van der Waals surface area contributed by atoms with Gasteiger partial charge in [0.1, 0.15) is 0 Å². The van der Waals surface area contributed by atoms with Crippen molar-refractivity contribution in [2.45, 2.75) is 45.6 Å². The van der Waals surface area contributed by atoms with Gasteiger partial charge in [-0.2, -0.15) is 0 Å². The van der Waals surface area contributed by atoms with Gasteiger partial charge < -0.3 is 9.80 Å². The highest BCUT2D eigenvalue weighted by molar-refractivity contribution is 7.91. The minimum Gasteiger partial charge on any atom is -0.342 e. The Hall–Kier alpha value is -1.11. The Balaban J connectivity index is 1.57. The van der Waals surface area contributed by atoms with Crippen LogP contribution in [0.1, 0.15) is 39.5 Å². The molecule has 2 heterocycles. The highest BCUT2D eigenvalue weighted by Crippen LogP contribution is 2.42. The number of hydrogen-bond acceptors (Lipinski definition) is 4. The second-order valence-corrected chi connectivity index (χ2v) is 9.87. The topological polar surface area (TPSA) is 74.8 Å². The number of carbonyl (C=O) groups excluding carboxylic acids is 2. The van der Waals surface area contributed by atoms with Gasteiger partial charge in [-0.25, -0.2) is 8.42 Å². The molecule has 7 heteroatoms. The third-order valence-corrected chi connectivity index (χ3v) is 7.54. The first-order valence-electron chi connectivity index (χ1n) is 9.12. The van der Waals surface area contributed by atoms with Crippen molar-refractivity contribution in [1.82, 2.24) is 9.80 Å². The summed E-state index contributed by atoms with van der Waals surface area (Å²) in [6, 6.07) is -0.209. The van der Waals surface area contributed by atoms with E-state index in [0.717, 1.165) is 25.9 Å². The highest BCUT2D eigenvalue weighted by Gasteiger charge is 2.52. The lowest BCUT2D eigenvalue weighted by atomic mass is 9.99. The van der Waals surface area contributed by atoms with E-state index in [1.807, 2.05) is 11.8 Å². The van der Waals surface area contributed by atoms with E-state index in [1.54, 1.807) is 4.90 Å². The van der Waals surface area contributed by atoms with Crippen LogP contribution in [0.4, 0.5) is 0 Å². The molecular formula is C17H28N2O4S. The second-order valence-electron chi connectivity index (χ2n) is 7.64. The summed E-state index contributed by atoms with van der Waals surface area (Å²) >= 11 is 0. The van der Waals surface area contributed by atoms with Crippen LogP contribution in [0, 0.1) is 17.8 Å². The molecule has 3 unspecified atom stereocenters. The fraction of sp³-hybridized carbons (Fsp3) is 0.882. The Morgan fingerprint density at radius 1 is 1.12 bits per heavy atom. The molecule has 1 saturated carbocycles. The predicted molar refractivity (Wildman–Crippen MR) is 91.0 cm³/mol. The SMILES string of the molecule is CCN(C(=O)C1CC1C(=O)N1CCC(C)CC1)C1CCS(=O)(=O)C1. The van der Waals surface area contributed by atoms with E-state index in [9.17, 15) is 18.0 Å². The molecule has 3 atom stereocenters. The van der Waals surface area contributed by atoms with Crippen LogP contribution >= 0.6 is 0 Å². The van der Waals surface area contributed by atoms with Gasteiger partial charge in [0.15, 0.2) is 9.84 Å². The first-order chi connectivity index (χ1) is 11.3. The van der Waals surface area contributed by atoms with Gasteiger partial charge in [0, 0.05) is 25.7 Å². The van der Waals surface area contributed by atoms with Crippen molar-refractivity contribution >= 4 is 21.7 Å². The lowest BCUT2D eigenvalue weighted by Gasteiger charge is -2.31. The fourth-order valence-electron chi connectivity index (χ4n) is 4.03. The highest BCUT2D eigenvalue weighted by atomic mass is 32.2. The summed E-state index contributed by atoms with van der Waals surface area (Å²) in [4.78, 5) is 28.9. The van der Waals surface area contributed by atoms with Gasteiger partial charge in [-0.15, -0.1) is 0 Å². The molecule has 0 radical (unpaired) electrons. The summed E-state index contributed by atoms with van der Waals surface area (Å²) in [5.74, 6) is 0.588. The molecule has 136 valence electrons. The average Bonchev–Trinajstić information content (AvgIpc) is 3.26. The lowest BCUT2D eigenvalue weighted by Crippen LogP contribution is -2.43. The van der Waals surface area contributed by atoms with E-state index in [2.05, 4.69) is 6.92 Å². The number of likely N-dealkylation sites (tertiary alicyclic amines) is 1. The summed E-state index contributed by atoms with van der Waals surface area (Å²) in [7, 11) is -3.01. The summed E-state index contributed by atoms with van der Waals surface area (Å²) in [5.41, 5.74) is 0. The predicted octanol–water partition coefficient (Wildman–Crippen LogP) is 0.917. The number of carbonyl (C=O) groups is 2. The Morgan fingerprint density at radius 3 is 2.33 bits per heavy atom. The molecule has 1 aliphatic carbocycles. The number of hydrogen-bond donors (Lipinski definition) is 0. The molecule has 3 fully saturated rings. The van der Waals surface area contributed by atoms with E-state index in [1.165, 1.54) is 0 Å². The molecule has 6 nitrogen and oxygen atoms in total. The van der Waals surface area contributed by atoms with Gasteiger partial charge in [0.05, 0.1) is 23.3 Å². The van der Waals surface area contributed by atoms with E-state index in [0.29, 0.717) is 25.3 Å². The van der Waals surface area contributed by atoms with Crippen molar-refractivity contribution in [2.75, 3.05) is 31.1 Å². The largest absolute Gasteiger partial charge is 0.342 e. The molecular weight excluding hydrogens is 328 g/mol. The Labute approximate surface area is 144 Å². The molecule has 0 N–H and O–H groups in total. The van der Waals surface area contributed by atoms with Crippen LogP contribution in [0.15, 0.2) is 0 Å². The standard InChI is InChI=1S/C17H28N2O4S/c1-3-19(13-6-9-24(22,23)11-13)17(21)15-10-14(15)16(20)18-7-4-12(2)5-8-18/h12-15H,3-11H2,1-2H3. The zero-order valence-electron chi connectivity index (χ0n) is 14.6. The van der Waals surface area contributed by atoms with Gasteiger partial charge >= 0.3 is 0 Å². The van der Waals surface area contributed by atoms with Gasteiger partial charge in [0.25, 0.3) is 0 Å². The molecule has 0 aromatic heterocycles. The van der Waals surface area contributed by atoms with Crippen LogP contribution < -0.4 is 0 Å². The van der Waals surface area contributed by atoms with Gasteiger partial charge in [-0.1, -0.05) is 6.92 Å². The van der Waals surface area contributed by atoms with Crippen molar-refractivity contribution in [1.29, 1.82) is 0 Å². The lowest BCUT2D eigenvalue weighted by molar-refractivity contribution is -0.139. The fourth-order valence-corrected chi connectivity index (χ4v) is 5.76. The second kappa shape index (κ2) is 6.65. The van der Waals surface area contributed by atoms with E-state index < -0.39 is 9.84 Å². The van der Waals surface area contributed by atoms with Crippen molar-refractivity contribution in [3.63, 3.8) is 0 Å². The van der Waals surface area contributed by atoms with Crippen LogP contribution in [0.3, 0.4) is 0 Å². The minimum absolute atomic E-state index is 0.0247. The quantitative estimate of drug-likeness (QED) is 0.751. The number of nitrogens with zero attached hydrogens (tertiary/aromatic N) is 2. The molecule has 2 amide bonds. The van der Waals surface area contributed by atoms with E-state index >= 15 is 0 Å². The van der Waals surface area contributed by atoms with Gasteiger partial charge in [-0.05, 0) is 38.5 Å². The third-order valence-electron chi connectivity index (χ3n) is 5.79. The summed E-state index contributed by atoms with van der Waals surface area (Å²) < 4.78 is 23.4. The molecule has 0 aromatic carbocycles.